The molecular weight excluding hydrogens is 364 g/mol. The van der Waals surface area contributed by atoms with Crippen LogP contribution in [0.2, 0.25) is 0 Å². The van der Waals surface area contributed by atoms with Gasteiger partial charge in [0.05, 0.1) is 11.1 Å². The second-order valence-electron chi connectivity index (χ2n) is 5.43. The van der Waals surface area contributed by atoms with Crippen LogP contribution in [0.15, 0.2) is 92.7 Å². The van der Waals surface area contributed by atoms with Crippen molar-refractivity contribution in [1.82, 2.24) is 0 Å². The molecule has 0 amide bonds. The molecule has 138 valence electrons. The average Bonchev–Trinajstić information content (AvgIpc) is 2.74. The first-order valence-corrected chi connectivity index (χ1v) is 8.02. The van der Waals surface area contributed by atoms with Crippen LogP contribution in [-0.4, -0.2) is 11.9 Å². The molecule has 0 bridgehead atoms. The summed E-state index contributed by atoms with van der Waals surface area (Å²) in [4.78, 5) is 57.3. The minimum atomic E-state index is -0.936. The molecule has 0 heterocycles. The van der Waals surface area contributed by atoms with Gasteiger partial charge >= 0.3 is 11.9 Å². The molecule has 0 N–H and O–H groups in total. The van der Waals surface area contributed by atoms with Crippen LogP contribution >= 0.6 is 0 Å². The van der Waals surface area contributed by atoms with E-state index in [-0.39, 0.29) is 16.5 Å². The van der Waals surface area contributed by atoms with E-state index in [0.717, 1.165) is 12.1 Å². The second-order valence-corrected chi connectivity index (χ2v) is 5.43. The number of carbonyl (C=O) groups is 2. The molecule has 0 unspecified atom stereocenters. The van der Waals surface area contributed by atoms with Crippen LogP contribution in [0.1, 0.15) is 20.7 Å². The molecule has 0 aliphatic rings. The Labute approximate surface area is 157 Å². The van der Waals surface area contributed by atoms with Crippen LogP contribution in [0.25, 0.3) is 0 Å². The van der Waals surface area contributed by atoms with Gasteiger partial charge in [0.2, 0.25) is 10.9 Å². The van der Waals surface area contributed by atoms with Crippen molar-refractivity contribution in [2.75, 3.05) is 0 Å². The van der Waals surface area contributed by atoms with Gasteiger partial charge in [-0.25, -0.2) is 9.59 Å². The lowest BCUT2D eigenvalue weighted by Gasteiger charge is -1.97. The zero-order valence-electron chi connectivity index (χ0n) is 14.3. The molecule has 28 heavy (non-hydrogen) atoms. The quantitative estimate of drug-likeness (QED) is 0.488. The maximum absolute atomic E-state index is 12.3. The number of benzene rings is 3. The average molecular weight is 376 g/mol. The van der Waals surface area contributed by atoms with Crippen LogP contribution in [0.3, 0.4) is 0 Å². The minimum Gasteiger partial charge on any atom is -0.312 e. The fraction of sp³-hybridized carbons (Fsp3) is 0. The zero-order valence-corrected chi connectivity index (χ0v) is 14.3. The van der Waals surface area contributed by atoms with Gasteiger partial charge in [0.25, 0.3) is 0 Å². The van der Waals surface area contributed by atoms with Gasteiger partial charge in [-0.1, -0.05) is 46.7 Å². The maximum Gasteiger partial charge on any atom is 0.365 e. The highest BCUT2D eigenvalue weighted by Gasteiger charge is 2.09. The van der Waals surface area contributed by atoms with E-state index >= 15 is 0 Å². The predicted molar refractivity (Wildman–Crippen MR) is 96.2 cm³/mol. The first-order chi connectivity index (χ1) is 13.6. The number of nitrogens with zero attached hydrogens (tertiary/aromatic N) is 2. The molecule has 3 aromatic carbocycles. The van der Waals surface area contributed by atoms with Crippen molar-refractivity contribution >= 4 is 11.9 Å². The summed E-state index contributed by atoms with van der Waals surface area (Å²) in [7, 11) is 0. The molecule has 0 radical (unpaired) electrons. The van der Waals surface area contributed by atoms with E-state index in [1.165, 1.54) is 24.3 Å². The van der Waals surface area contributed by atoms with Crippen molar-refractivity contribution in [2.24, 2.45) is 10.3 Å². The summed E-state index contributed by atoms with van der Waals surface area (Å²) in [6.45, 7) is 0. The second kappa shape index (κ2) is 8.45. The Morgan fingerprint density at radius 2 is 1.14 bits per heavy atom. The Morgan fingerprint density at radius 1 is 0.643 bits per heavy atom. The Morgan fingerprint density at radius 3 is 1.68 bits per heavy atom. The van der Waals surface area contributed by atoms with Crippen molar-refractivity contribution in [3.05, 3.63) is 115 Å². The van der Waals surface area contributed by atoms with Gasteiger partial charge in [0.15, 0.2) is 10.7 Å². The standard InChI is InChI=1S/C20H12N2O6/c23-16-12-11-15(21-27-19(25)13-7-3-1-4-8-13)18(24)17(16)22-28-20(26)14-9-5-2-6-10-14/h1-12H/b21-15-,22-17+. The van der Waals surface area contributed by atoms with E-state index < -0.39 is 28.2 Å². The number of carbonyl (C=O) groups excluding carboxylic acids is 2. The molecule has 3 rings (SSSR count). The number of rotatable bonds is 4. The third-order valence-corrected chi connectivity index (χ3v) is 3.54. The lowest BCUT2D eigenvalue weighted by Crippen LogP contribution is -2.47. The van der Waals surface area contributed by atoms with Crippen molar-refractivity contribution < 1.29 is 19.3 Å². The maximum atomic E-state index is 12.3. The molecule has 0 aromatic heterocycles. The monoisotopic (exact) mass is 376 g/mol. The van der Waals surface area contributed by atoms with Crippen LogP contribution in [-0.2, 0) is 9.68 Å². The van der Waals surface area contributed by atoms with E-state index in [1.807, 2.05) is 0 Å². The van der Waals surface area contributed by atoms with Crippen LogP contribution < -0.4 is 21.6 Å². The van der Waals surface area contributed by atoms with Crippen LogP contribution in [0.4, 0.5) is 0 Å². The third kappa shape index (κ3) is 4.31. The summed E-state index contributed by atoms with van der Waals surface area (Å²) in [6, 6.07) is 18.0. The van der Waals surface area contributed by atoms with Gasteiger partial charge in [-0.05, 0) is 36.4 Å². The highest BCUT2D eigenvalue weighted by Crippen LogP contribution is 2.01. The summed E-state index contributed by atoms with van der Waals surface area (Å²) in [6.07, 6.45) is 0. The Bertz CT molecular complexity index is 1230. The van der Waals surface area contributed by atoms with Gasteiger partial charge in [0.1, 0.15) is 0 Å². The summed E-state index contributed by atoms with van der Waals surface area (Å²) < 4.78 is 0. The van der Waals surface area contributed by atoms with Crippen molar-refractivity contribution in [1.29, 1.82) is 0 Å². The molecule has 0 saturated carbocycles. The molecule has 0 spiro atoms. The Balaban J connectivity index is 1.88. The Hall–Kier alpha value is -4.20. The summed E-state index contributed by atoms with van der Waals surface area (Å²) in [5, 5.41) is 5.83. The van der Waals surface area contributed by atoms with Gasteiger partial charge in [0, 0.05) is 0 Å². The van der Waals surface area contributed by atoms with Crippen LogP contribution in [0, 0.1) is 0 Å². The molecular formula is C20H12N2O6. The van der Waals surface area contributed by atoms with E-state index in [4.69, 9.17) is 4.84 Å². The van der Waals surface area contributed by atoms with Gasteiger partial charge < -0.3 is 9.68 Å². The van der Waals surface area contributed by atoms with E-state index in [0.29, 0.717) is 0 Å². The predicted octanol–water partition coefficient (Wildman–Crippen LogP) is 0.628. The first kappa shape index (κ1) is 18.6. The number of hydrogen-bond acceptors (Lipinski definition) is 8. The zero-order chi connectivity index (χ0) is 19.9. The fourth-order valence-corrected chi connectivity index (χ4v) is 2.13. The molecule has 0 aliphatic carbocycles. The SMILES string of the molecule is O=C(O/N=c1/ccc(=O)/c(=N\OC(=O)c2ccccc2)c1=O)c1ccccc1. The van der Waals surface area contributed by atoms with E-state index in [1.54, 1.807) is 36.4 Å². The fourth-order valence-electron chi connectivity index (χ4n) is 2.13. The van der Waals surface area contributed by atoms with Gasteiger partial charge in [-0.3, -0.25) is 9.59 Å². The summed E-state index contributed by atoms with van der Waals surface area (Å²) in [5.41, 5.74) is -1.27. The van der Waals surface area contributed by atoms with Crippen molar-refractivity contribution in [3.8, 4) is 0 Å². The Kier molecular flexibility index (Phi) is 5.61. The van der Waals surface area contributed by atoms with Gasteiger partial charge in [-0.2, -0.15) is 0 Å². The van der Waals surface area contributed by atoms with E-state index in [2.05, 4.69) is 15.1 Å². The van der Waals surface area contributed by atoms with Crippen molar-refractivity contribution in [2.45, 2.75) is 0 Å². The molecule has 8 heteroatoms. The smallest absolute Gasteiger partial charge is 0.312 e. The third-order valence-electron chi connectivity index (χ3n) is 3.54. The van der Waals surface area contributed by atoms with Gasteiger partial charge in [-0.15, -0.1) is 0 Å². The largest absolute Gasteiger partial charge is 0.365 e. The molecule has 0 atom stereocenters. The molecule has 0 saturated heterocycles. The highest BCUT2D eigenvalue weighted by atomic mass is 16.7. The van der Waals surface area contributed by atoms with E-state index in [9.17, 15) is 19.2 Å². The van der Waals surface area contributed by atoms with Crippen LogP contribution in [0.5, 0.6) is 0 Å². The minimum absolute atomic E-state index is 0.198. The lowest BCUT2D eigenvalue weighted by molar-refractivity contribution is 0.0493. The highest BCUT2D eigenvalue weighted by molar-refractivity contribution is 5.89. The molecule has 3 aromatic rings. The topological polar surface area (TPSA) is 111 Å². The molecule has 0 aliphatic heterocycles. The normalized spacial score (nSPS) is 11.9. The molecule has 8 nitrogen and oxygen atoms in total. The van der Waals surface area contributed by atoms with Crippen molar-refractivity contribution in [3.63, 3.8) is 0 Å². The first-order valence-electron chi connectivity index (χ1n) is 8.02. The summed E-state index contributed by atoms with van der Waals surface area (Å²) in [5.74, 6) is -1.61. The summed E-state index contributed by atoms with van der Waals surface area (Å²) >= 11 is 0. The molecule has 0 fully saturated rings. The lowest BCUT2D eigenvalue weighted by atomic mass is 10.2. The number of hydrogen-bond donors (Lipinski definition) is 0.